The summed E-state index contributed by atoms with van der Waals surface area (Å²) in [5.74, 6) is -0.970. The molecule has 0 heterocycles. The quantitative estimate of drug-likeness (QED) is 0.632. The molecule has 0 bridgehead atoms. The van der Waals surface area contributed by atoms with Crippen molar-refractivity contribution >= 4 is 0 Å². The standard InChI is InChI=1S/C12H14F4/c1-11(2,3)7-8-6-9(12(14,15)16)4-5-10(8)13/h4-6H,7H2,1-3H3/i7D2. The molecule has 0 spiro atoms. The minimum Gasteiger partial charge on any atom is -0.207 e. The first-order valence-corrected chi connectivity index (χ1v) is 4.74. The van der Waals surface area contributed by atoms with Crippen molar-refractivity contribution < 1.29 is 20.3 Å². The number of alkyl halides is 3. The fourth-order valence-electron chi connectivity index (χ4n) is 1.20. The summed E-state index contributed by atoms with van der Waals surface area (Å²) in [6, 6.07) is 1.81. The summed E-state index contributed by atoms with van der Waals surface area (Å²) in [6.07, 6.45) is -6.81. The van der Waals surface area contributed by atoms with Gasteiger partial charge in [-0.2, -0.15) is 13.2 Å². The van der Waals surface area contributed by atoms with Gasteiger partial charge >= 0.3 is 6.18 Å². The summed E-state index contributed by atoms with van der Waals surface area (Å²) in [7, 11) is 0. The van der Waals surface area contributed by atoms with Gasteiger partial charge in [-0.3, -0.25) is 0 Å². The Morgan fingerprint density at radius 1 is 1.19 bits per heavy atom. The molecule has 16 heavy (non-hydrogen) atoms. The third-order valence-corrected chi connectivity index (χ3v) is 1.80. The van der Waals surface area contributed by atoms with Gasteiger partial charge in [-0.15, -0.1) is 0 Å². The Morgan fingerprint density at radius 3 is 2.19 bits per heavy atom. The second-order valence-corrected chi connectivity index (χ2v) is 4.57. The van der Waals surface area contributed by atoms with Crippen molar-refractivity contribution in [3.63, 3.8) is 0 Å². The van der Waals surface area contributed by atoms with Gasteiger partial charge in [-0.25, -0.2) is 4.39 Å². The molecule has 1 aromatic carbocycles. The first-order valence-electron chi connectivity index (χ1n) is 5.74. The van der Waals surface area contributed by atoms with Crippen LogP contribution in [-0.2, 0) is 12.5 Å². The van der Waals surface area contributed by atoms with Gasteiger partial charge in [0, 0.05) is 2.74 Å². The van der Waals surface area contributed by atoms with Gasteiger partial charge in [0.15, 0.2) is 0 Å². The number of halogens is 4. The fraction of sp³-hybridized carbons (Fsp3) is 0.500. The van der Waals surface area contributed by atoms with Gasteiger partial charge in [0.1, 0.15) is 5.82 Å². The number of hydrogen-bond donors (Lipinski definition) is 0. The zero-order valence-electron chi connectivity index (χ0n) is 11.2. The van der Waals surface area contributed by atoms with E-state index in [9.17, 15) is 17.6 Å². The van der Waals surface area contributed by atoms with Crippen LogP contribution in [0.1, 0.15) is 34.6 Å². The molecule has 0 aliphatic carbocycles. The predicted octanol–water partition coefficient (Wildman–Crippen LogP) is 4.43. The molecule has 4 heteroatoms. The van der Waals surface area contributed by atoms with E-state index in [-0.39, 0.29) is 0 Å². The molecule has 0 radical (unpaired) electrons. The van der Waals surface area contributed by atoms with Crippen LogP contribution in [0.3, 0.4) is 0 Å². The van der Waals surface area contributed by atoms with Gasteiger partial charge in [-0.1, -0.05) is 20.8 Å². The van der Waals surface area contributed by atoms with E-state index in [4.69, 9.17) is 2.74 Å². The van der Waals surface area contributed by atoms with E-state index in [1.54, 1.807) is 0 Å². The third kappa shape index (κ3) is 3.51. The molecule has 0 aromatic heterocycles. The van der Waals surface area contributed by atoms with Gasteiger partial charge in [0.05, 0.1) is 5.56 Å². The molecule has 0 aliphatic rings. The molecular formula is C12H14F4. The van der Waals surface area contributed by atoms with Crippen molar-refractivity contribution in [2.24, 2.45) is 5.41 Å². The molecule has 0 nitrogen and oxygen atoms in total. The molecule has 1 rings (SSSR count). The molecule has 1 aromatic rings. The SMILES string of the molecule is [2H]C([2H])(c1cc(C(F)(F)F)ccc1F)C(C)(C)C. The Balaban J connectivity index is 3.42. The van der Waals surface area contributed by atoms with Crippen LogP contribution < -0.4 is 0 Å². The van der Waals surface area contributed by atoms with E-state index in [0.717, 1.165) is 0 Å². The first-order chi connectivity index (χ1) is 7.87. The lowest BCUT2D eigenvalue weighted by molar-refractivity contribution is -0.137. The number of benzene rings is 1. The summed E-state index contributed by atoms with van der Waals surface area (Å²) < 4.78 is 66.8. The second-order valence-electron chi connectivity index (χ2n) is 4.57. The van der Waals surface area contributed by atoms with Crippen LogP contribution in [0, 0.1) is 11.2 Å². The van der Waals surface area contributed by atoms with Crippen LogP contribution in [0.25, 0.3) is 0 Å². The first kappa shape index (κ1) is 10.1. The molecule has 0 fully saturated rings. The maximum atomic E-state index is 13.6. The Morgan fingerprint density at radius 2 is 1.75 bits per heavy atom. The smallest absolute Gasteiger partial charge is 0.207 e. The van der Waals surface area contributed by atoms with Crippen LogP contribution in [0.2, 0.25) is 0 Å². The van der Waals surface area contributed by atoms with Crippen molar-refractivity contribution in [3.05, 3.63) is 35.1 Å². The van der Waals surface area contributed by atoms with E-state index in [2.05, 4.69) is 0 Å². The highest BCUT2D eigenvalue weighted by Gasteiger charge is 2.31. The van der Waals surface area contributed by atoms with Crippen molar-refractivity contribution in [3.8, 4) is 0 Å². The topological polar surface area (TPSA) is 0 Å². The molecule has 0 atom stereocenters. The molecule has 0 unspecified atom stereocenters. The lowest BCUT2D eigenvalue weighted by Crippen LogP contribution is -2.12. The summed E-state index contributed by atoms with van der Waals surface area (Å²) in [4.78, 5) is 0. The molecule has 0 saturated carbocycles. The Bertz CT molecular complexity index is 444. The average Bonchev–Trinajstić information content (AvgIpc) is 2.14. The van der Waals surface area contributed by atoms with Crippen molar-refractivity contribution in [1.82, 2.24) is 0 Å². The van der Waals surface area contributed by atoms with Crippen LogP contribution >= 0.6 is 0 Å². The lowest BCUT2D eigenvalue weighted by atomic mass is 9.87. The van der Waals surface area contributed by atoms with Crippen LogP contribution in [-0.4, -0.2) is 0 Å². The van der Waals surface area contributed by atoms with Gasteiger partial charge in [0.2, 0.25) is 0 Å². The zero-order valence-corrected chi connectivity index (χ0v) is 9.24. The Labute approximate surface area is 95.1 Å². The Hall–Kier alpha value is -1.06. The maximum absolute atomic E-state index is 13.6. The molecule has 0 saturated heterocycles. The summed E-state index contributed by atoms with van der Waals surface area (Å²) in [6.45, 7) is 4.52. The van der Waals surface area contributed by atoms with E-state index < -0.39 is 34.9 Å². The number of rotatable bonds is 1. The predicted molar refractivity (Wildman–Crippen MR) is 54.6 cm³/mol. The third-order valence-electron chi connectivity index (χ3n) is 1.80. The average molecular weight is 236 g/mol. The van der Waals surface area contributed by atoms with E-state index in [1.807, 2.05) is 0 Å². The normalized spacial score (nSPS) is 15.7. The second kappa shape index (κ2) is 4.07. The highest BCUT2D eigenvalue weighted by Crippen LogP contribution is 2.32. The summed E-state index contributed by atoms with van der Waals surface area (Å²) in [5, 5.41) is 0. The Kier molecular flexibility index (Phi) is 2.58. The van der Waals surface area contributed by atoms with Gasteiger partial charge in [-0.05, 0) is 35.6 Å². The van der Waals surface area contributed by atoms with Crippen LogP contribution in [0.5, 0.6) is 0 Å². The highest BCUT2D eigenvalue weighted by molar-refractivity contribution is 5.27. The summed E-state index contributed by atoms with van der Waals surface area (Å²) in [5.41, 5.74) is -2.63. The minimum absolute atomic E-state index is 0.542. The molecule has 90 valence electrons. The fourth-order valence-corrected chi connectivity index (χ4v) is 1.20. The molecule has 0 amide bonds. The summed E-state index contributed by atoms with van der Waals surface area (Å²) >= 11 is 0. The lowest BCUT2D eigenvalue weighted by Gasteiger charge is -2.19. The van der Waals surface area contributed by atoms with Gasteiger partial charge in [0.25, 0.3) is 0 Å². The monoisotopic (exact) mass is 236 g/mol. The largest absolute Gasteiger partial charge is 0.416 e. The zero-order chi connectivity index (χ0) is 14.4. The van der Waals surface area contributed by atoms with E-state index >= 15 is 0 Å². The van der Waals surface area contributed by atoms with Crippen LogP contribution in [0.4, 0.5) is 17.6 Å². The van der Waals surface area contributed by atoms with Gasteiger partial charge < -0.3 is 0 Å². The maximum Gasteiger partial charge on any atom is 0.416 e. The molecule has 0 aliphatic heterocycles. The van der Waals surface area contributed by atoms with Crippen molar-refractivity contribution in [2.45, 2.75) is 33.3 Å². The van der Waals surface area contributed by atoms with E-state index in [0.29, 0.717) is 18.2 Å². The molecule has 0 N–H and O–H groups in total. The van der Waals surface area contributed by atoms with Crippen molar-refractivity contribution in [2.75, 3.05) is 0 Å². The highest BCUT2D eigenvalue weighted by atomic mass is 19.4. The van der Waals surface area contributed by atoms with E-state index in [1.165, 1.54) is 20.8 Å². The van der Waals surface area contributed by atoms with Crippen molar-refractivity contribution in [1.29, 1.82) is 0 Å². The van der Waals surface area contributed by atoms with Crippen LogP contribution in [0.15, 0.2) is 18.2 Å². The number of hydrogen-bond acceptors (Lipinski definition) is 0. The minimum atomic E-state index is -4.61. The molecular weight excluding hydrogens is 220 g/mol.